The normalized spacial score (nSPS) is 22.9. The van der Waals surface area contributed by atoms with E-state index in [0.29, 0.717) is 18.7 Å². The van der Waals surface area contributed by atoms with E-state index in [1.54, 1.807) is 18.2 Å². The number of nitrogens with zero attached hydrogens (tertiary/aromatic N) is 1. The molecule has 7 heteroatoms. The lowest BCUT2D eigenvalue weighted by Crippen LogP contribution is -2.53. The lowest BCUT2D eigenvalue weighted by molar-refractivity contribution is -0.109. The van der Waals surface area contributed by atoms with Gasteiger partial charge in [0, 0.05) is 18.7 Å². The molecule has 0 radical (unpaired) electrons. The molecule has 0 amide bonds. The fourth-order valence-electron chi connectivity index (χ4n) is 2.54. The molecule has 2 rings (SSSR count). The van der Waals surface area contributed by atoms with Crippen molar-refractivity contribution in [3.63, 3.8) is 0 Å². The van der Waals surface area contributed by atoms with Crippen LogP contribution in [-0.4, -0.2) is 42.5 Å². The van der Waals surface area contributed by atoms with Crippen LogP contribution < -0.4 is 5.73 Å². The summed E-state index contributed by atoms with van der Waals surface area (Å²) in [6, 6.07) is 6.43. The van der Waals surface area contributed by atoms with Gasteiger partial charge in [0.1, 0.15) is 4.99 Å². The largest absolute Gasteiger partial charge is 0.389 e. The number of hydrogen-bond donors (Lipinski definition) is 1. The van der Waals surface area contributed by atoms with Gasteiger partial charge in [-0.25, -0.2) is 8.42 Å². The van der Waals surface area contributed by atoms with Crippen LogP contribution in [0.4, 0.5) is 0 Å². The average molecular weight is 328 g/mol. The molecule has 0 spiro atoms. The monoisotopic (exact) mass is 328 g/mol. The SMILES string of the molecule is CC1CN(S(=O)(=O)c2cccc(C(N)=S)c2)CC(C)(C)O1. The molecular weight excluding hydrogens is 308 g/mol. The molecule has 1 aliphatic rings. The van der Waals surface area contributed by atoms with Gasteiger partial charge in [-0.15, -0.1) is 0 Å². The van der Waals surface area contributed by atoms with Crippen LogP contribution in [-0.2, 0) is 14.8 Å². The van der Waals surface area contributed by atoms with Crippen LogP contribution in [0.5, 0.6) is 0 Å². The third kappa shape index (κ3) is 3.60. The molecule has 0 saturated carbocycles. The van der Waals surface area contributed by atoms with Gasteiger partial charge < -0.3 is 10.5 Å². The van der Waals surface area contributed by atoms with Crippen LogP contribution in [0.1, 0.15) is 26.3 Å². The second kappa shape index (κ2) is 5.64. The summed E-state index contributed by atoms with van der Waals surface area (Å²) in [5.41, 5.74) is 5.61. The Balaban J connectivity index is 2.38. The van der Waals surface area contributed by atoms with E-state index in [4.69, 9.17) is 22.7 Å². The van der Waals surface area contributed by atoms with Gasteiger partial charge in [-0.3, -0.25) is 0 Å². The van der Waals surface area contributed by atoms with Crippen LogP contribution in [0.3, 0.4) is 0 Å². The van der Waals surface area contributed by atoms with Crippen molar-refractivity contribution in [2.45, 2.75) is 37.4 Å². The standard InChI is InChI=1S/C14H20N2O3S2/c1-10-8-16(9-14(2,3)19-10)21(17,18)12-6-4-5-11(7-12)13(15)20/h4-7,10H,8-9H2,1-3H3,(H2,15,20). The van der Waals surface area contributed by atoms with E-state index in [1.165, 1.54) is 10.4 Å². The van der Waals surface area contributed by atoms with Gasteiger partial charge in [-0.05, 0) is 32.9 Å². The third-order valence-corrected chi connectivity index (χ3v) is 5.34. The Morgan fingerprint density at radius 2 is 2.14 bits per heavy atom. The van der Waals surface area contributed by atoms with Crippen LogP contribution in [0, 0.1) is 0 Å². The summed E-state index contributed by atoms with van der Waals surface area (Å²) in [6.07, 6.45) is -0.151. The number of rotatable bonds is 3. The predicted octanol–water partition coefficient (Wildman–Crippen LogP) is 1.51. The molecule has 116 valence electrons. The van der Waals surface area contributed by atoms with Gasteiger partial charge in [0.2, 0.25) is 10.0 Å². The highest BCUT2D eigenvalue weighted by atomic mass is 32.2. The molecule has 2 N–H and O–H groups in total. The molecule has 1 aromatic carbocycles. The summed E-state index contributed by atoms with van der Waals surface area (Å²) < 4.78 is 32.8. The zero-order chi connectivity index (χ0) is 15.8. The lowest BCUT2D eigenvalue weighted by Gasteiger charge is -2.40. The van der Waals surface area contributed by atoms with E-state index in [1.807, 2.05) is 20.8 Å². The van der Waals surface area contributed by atoms with Gasteiger partial charge >= 0.3 is 0 Å². The summed E-state index contributed by atoms with van der Waals surface area (Å²) in [6.45, 7) is 6.29. The molecule has 5 nitrogen and oxygen atoms in total. The Kier molecular flexibility index (Phi) is 4.39. The highest BCUT2D eigenvalue weighted by Crippen LogP contribution is 2.26. The minimum absolute atomic E-state index is 0.151. The number of morpholine rings is 1. The second-order valence-corrected chi connectivity index (χ2v) is 8.26. The summed E-state index contributed by atoms with van der Waals surface area (Å²) in [5.74, 6) is 0. The summed E-state index contributed by atoms with van der Waals surface area (Å²) in [4.78, 5) is 0.389. The van der Waals surface area contributed by atoms with Crippen molar-refractivity contribution in [1.82, 2.24) is 4.31 Å². The molecule has 1 unspecified atom stereocenters. The number of sulfonamides is 1. The minimum atomic E-state index is -3.58. The maximum Gasteiger partial charge on any atom is 0.243 e. The van der Waals surface area contributed by atoms with Crippen LogP contribution in [0.25, 0.3) is 0 Å². The van der Waals surface area contributed by atoms with Gasteiger partial charge in [-0.2, -0.15) is 4.31 Å². The third-order valence-electron chi connectivity index (χ3n) is 3.29. The van der Waals surface area contributed by atoms with Crippen LogP contribution in [0.15, 0.2) is 29.2 Å². The van der Waals surface area contributed by atoms with E-state index in [2.05, 4.69) is 0 Å². The van der Waals surface area contributed by atoms with Crippen molar-refractivity contribution in [1.29, 1.82) is 0 Å². The topological polar surface area (TPSA) is 72.6 Å². The van der Waals surface area contributed by atoms with Gasteiger partial charge in [0.15, 0.2) is 0 Å². The molecule has 1 fully saturated rings. The first-order valence-corrected chi connectivity index (χ1v) is 8.54. The number of ether oxygens (including phenoxy) is 1. The highest BCUT2D eigenvalue weighted by Gasteiger charge is 2.37. The van der Waals surface area contributed by atoms with E-state index in [-0.39, 0.29) is 16.0 Å². The fourth-order valence-corrected chi connectivity index (χ4v) is 4.38. The molecule has 1 atom stereocenters. The first-order chi connectivity index (χ1) is 9.62. The lowest BCUT2D eigenvalue weighted by atomic mass is 10.1. The van der Waals surface area contributed by atoms with Crippen molar-refractivity contribution in [3.8, 4) is 0 Å². The predicted molar refractivity (Wildman–Crippen MR) is 85.7 cm³/mol. The minimum Gasteiger partial charge on any atom is -0.389 e. The Morgan fingerprint density at radius 3 is 2.71 bits per heavy atom. The van der Waals surface area contributed by atoms with Gasteiger partial charge in [0.05, 0.1) is 16.6 Å². The molecule has 0 bridgehead atoms. The maximum absolute atomic E-state index is 12.8. The number of hydrogen-bond acceptors (Lipinski definition) is 4. The fraction of sp³-hybridized carbons (Fsp3) is 0.500. The van der Waals surface area contributed by atoms with Gasteiger partial charge in [0.25, 0.3) is 0 Å². The molecule has 1 heterocycles. The zero-order valence-corrected chi connectivity index (χ0v) is 14.0. The molecule has 21 heavy (non-hydrogen) atoms. The number of nitrogens with two attached hydrogens (primary N) is 1. The quantitative estimate of drug-likeness (QED) is 0.852. The summed E-state index contributed by atoms with van der Waals surface area (Å²) in [7, 11) is -3.58. The van der Waals surface area contributed by atoms with Crippen molar-refractivity contribution >= 4 is 27.2 Å². The molecule has 0 aliphatic carbocycles. The van der Waals surface area contributed by atoms with Crippen molar-refractivity contribution in [2.75, 3.05) is 13.1 Å². The maximum atomic E-state index is 12.8. The Bertz CT molecular complexity index is 656. The molecular formula is C14H20N2O3S2. The summed E-state index contributed by atoms with van der Waals surface area (Å²) in [5, 5.41) is 0. The van der Waals surface area contributed by atoms with Crippen LogP contribution >= 0.6 is 12.2 Å². The zero-order valence-electron chi connectivity index (χ0n) is 12.4. The summed E-state index contributed by atoms with van der Waals surface area (Å²) >= 11 is 4.91. The number of thiocarbonyl (C=S) groups is 1. The Labute approximate surface area is 131 Å². The van der Waals surface area contributed by atoms with E-state index in [0.717, 1.165) is 0 Å². The average Bonchev–Trinajstić information content (AvgIpc) is 2.36. The van der Waals surface area contributed by atoms with E-state index < -0.39 is 15.6 Å². The first-order valence-electron chi connectivity index (χ1n) is 6.70. The van der Waals surface area contributed by atoms with Crippen LogP contribution in [0.2, 0.25) is 0 Å². The van der Waals surface area contributed by atoms with E-state index >= 15 is 0 Å². The first kappa shape index (κ1) is 16.4. The molecule has 1 aromatic rings. The van der Waals surface area contributed by atoms with Crippen molar-refractivity contribution in [2.24, 2.45) is 5.73 Å². The second-order valence-electron chi connectivity index (χ2n) is 5.88. The molecule has 1 aliphatic heterocycles. The van der Waals surface area contributed by atoms with Crippen molar-refractivity contribution < 1.29 is 13.2 Å². The molecule has 0 aromatic heterocycles. The highest BCUT2D eigenvalue weighted by molar-refractivity contribution is 7.89. The Hall–Kier alpha value is -1.02. The molecule has 1 saturated heterocycles. The smallest absolute Gasteiger partial charge is 0.243 e. The number of benzene rings is 1. The van der Waals surface area contributed by atoms with Crippen molar-refractivity contribution in [3.05, 3.63) is 29.8 Å². The van der Waals surface area contributed by atoms with E-state index in [9.17, 15) is 8.42 Å². The Morgan fingerprint density at radius 1 is 1.48 bits per heavy atom. The van der Waals surface area contributed by atoms with Gasteiger partial charge in [-0.1, -0.05) is 24.4 Å².